The molecule has 2 N–H and O–H groups in total. The first-order chi connectivity index (χ1) is 10.3. The Balaban J connectivity index is 2.14. The Morgan fingerprint density at radius 2 is 1.81 bits per heavy atom. The van der Waals surface area contributed by atoms with Gasteiger partial charge < -0.3 is 10.5 Å². The zero-order chi connectivity index (χ0) is 14.7. The fourth-order valence-electron chi connectivity index (χ4n) is 2.05. The number of benzene rings is 1. The Hall–Kier alpha value is -2.95. The van der Waals surface area contributed by atoms with E-state index in [1.54, 1.807) is 19.4 Å². The molecule has 0 bridgehead atoms. The fraction of sp³-hybridized carbons (Fsp3) is 0.0625. The van der Waals surface area contributed by atoms with Gasteiger partial charge in [-0.3, -0.25) is 4.98 Å². The first-order valence-corrected chi connectivity index (χ1v) is 6.47. The van der Waals surface area contributed by atoms with Crippen molar-refractivity contribution in [2.75, 3.05) is 12.8 Å². The highest BCUT2D eigenvalue weighted by atomic mass is 16.5. The molecule has 0 radical (unpaired) electrons. The normalized spacial score (nSPS) is 10.3. The molecule has 0 aliphatic rings. The summed E-state index contributed by atoms with van der Waals surface area (Å²) in [7, 11) is 1.60. The summed E-state index contributed by atoms with van der Waals surface area (Å²) in [5.41, 5.74) is 8.09. The third-order valence-electron chi connectivity index (χ3n) is 3.01. The lowest BCUT2D eigenvalue weighted by atomic mass is 10.2. The minimum absolute atomic E-state index is 0.395. The number of hydrogen-bond donors (Lipinski definition) is 1. The van der Waals surface area contributed by atoms with Crippen molar-refractivity contribution < 1.29 is 4.74 Å². The number of nitrogens with zero attached hydrogens (tertiary/aromatic N) is 3. The van der Waals surface area contributed by atoms with Crippen LogP contribution >= 0.6 is 0 Å². The van der Waals surface area contributed by atoms with Gasteiger partial charge in [-0.2, -0.15) is 0 Å². The monoisotopic (exact) mass is 278 g/mol. The molecule has 0 aliphatic carbocycles. The Morgan fingerprint density at radius 3 is 2.57 bits per heavy atom. The second-order valence-electron chi connectivity index (χ2n) is 4.42. The lowest BCUT2D eigenvalue weighted by molar-refractivity contribution is 0.414. The van der Waals surface area contributed by atoms with Crippen molar-refractivity contribution in [1.82, 2.24) is 15.0 Å². The summed E-state index contributed by atoms with van der Waals surface area (Å²) in [5, 5.41) is 0. The number of rotatable bonds is 3. The number of methoxy groups -OCH3 is 1. The predicted molar refractivity (Wildman–Crippen MR) is 81.7 cm³/mol. The van der Waals surface area contributed by atoms with Crippen molar-refractivity contribution >= 4 is 5.82 Å². The number of hydrogen-bond acceptors (Lipinski definition) is 5. The summed E-state index contributed by atoms with van der Waals surface area (Å²) >= 11 is 0. The van der Waals surface area contributed by atoms with E-state index in [1.807, 2.05) is 42.5 Å². The first kappa shape index (κ1) is 13.1. The maximum Gasteiger partial charge on any atom is 0.162 e. The Morgan fingerprint density at radius 1 is 1.00 bits per heavy atom. The van der Waals surface area contributed by atoms with Crippen LogP contribution in [0.1, 0.15) is 0 Å². The molecule has 5 nitrogen and oxygen atoms in total. The number of nitrogens with two attached hydrogens (primary N) is 1. The van der Waals surface area contributed by atoms with Crippen LogP contribution in [0, 0.1) is 0 Å². The number of ether oxygens (including phenoxy) is 1. The van der Waals surface area contributed by atoms with Crippen LogP contribution in [0.15, 0.2) is 54.7 Å². The molecule has 21 heavy (non-hydrogen) atoms. The van der Waals surface area contributed by atoms with Gasteiger partial charge in [-0.1, -0.05) is 30.3 Å². The van der Waals surface area contributed by atoms with E-state index in [-0.39, 0.29) is 0 Å². The van der Waals surface area contributed by atoms with E-state index >= 15 is 0 Å². The largest absolute Gasteiger partial charge is 0.494 e. The van der Waals surface area contributed by atoms with Gasteiger partial charge in [0.05, 0.1) is 12.8 Å². The molecule has 0 spiro atoms. The van der Waals surface area contributed by atoms with Crippen LogP contribution in [-0.4, -0.2) is 22.1 Å². The van der Waals surface area contributed by atoms with Crippen LogP contribution in [0.25, 0.3) is 22.8 Å². The number of anilines is 1. The van der Waals surface area contributed by atoms with Crippen molar-refractivity contribution in [1.29, 1.82) is 0 Å². The molecule has 0 atom stereocenters. The summed E-state index contributed by atoms with van der Waals surface area (Å²) in [5.74, 6) is 1.61. The Labute approximate surface area is 122 Å². The summed E-state index contributed by atoms with van der Waals surface area (Å²) < 4.78 is 5.32. The molecule has 0 aliphatic heterocycles. The van der Waals surface area contributed by atoms with Crippen LogP contribution in [0.5, 0.6) is 5.75 Å². The molecular weight excluding hydrogens is 264 g/mol. The molecular formula is C16H14N4O. The number of aromatic nitrogens is 3. The Kier molecular flexibility index (Phi) is 3.47. The summed E-state index contributed by atoms with van der Waals surface area (Å²) in [6, 6.07) is 15.0. The average molecular weight is 278 g/mol. The van der Waals surface area contributed by atoms with Crippen molar-refractivity contribution in [3.63, 3.8) is 0 Å². The second-order valence-corrected chi connectivity index (χ2v) is 4.42. The topological polar surface area (TPSA) is 73.9 Å². The van der Waals surface area contributed by atoms with Gasteiger partial charge in [0, 0.05) is 17.8 Å². The van der Waals surface area contributed by atoms with Crippen molar-refractivity contribution in [3.8, 4) is 28.5 Å². The lowest BCUT2D eigenvalue weighted by Gasteiger charge is -2.08. The van der Waals surface area contributed by atoms with Gasteiger partial charge in [0.1, 0.15) is 17.3 Å². The highest BCUT2D eigenvalue weighted by Gasteiger charge is 2.12. The SMILES string of the molecule is COc1cccnc1-c1cc(N)nc(-c2ccccc2)n1. The van der Waals surface area contributed by atoms with Gasteiger partial charge >= 0.3 is 0 Å². The van der Waals surface area contributed by atoms with Crippen LogP contribution in [0.3, 0.4) is 0 Å². The third kappa shape index (κ3) is 2.67. The standard InChI is InChI=1S/C16H14N4O/c1-21-13-8-5-9-18-15(13)12-10-14(17)20-16(19-12)11-6-3-2-4-7-11/h2-10H,1H3,(H2,17,19,20). The zero-order valence-electron chi connectivity index (χ0n) is 11.5. The zero-order valence-corrected chi connectivity index (χ0v) is 11.5. The smallest absolute Gasteiger partial charge is 0.162 e. The molecule has 104 valence electrons. The lowest BCUT2D eigenvalue weighted by Crippen LogP contribution is -2.00. The maximum absolute atomic E-state index is 5.91. The van der Waals surface area contributed by atoms with Gasteiger partial charge in [0.15, 0.2) is 5.82 Å². The average Bonchev–Trinajstić information content (AvgIpc) is 2.55. The van der Waals surface area contributed by atoms with Gasteiger partial charge in [0.25, 0.3) is 0 Å². The number of pyridine rings is 1. The highest BCUT2D eigenvalue weighted by molar-refractivity contribution is 5.68. The molecule has 2 heterocycles. The first-order valence-electron chi connectivity index (χ1n) is 6.47. The molecule has 0 saturated carbocycles. The summed E-state index contributed by atoms with van der Waals surface area (Å²) in [6.45, 7) is 0. The summed E-state index contributed by atoms with van der Waals surface area (Å²) in [4.78, 5) is 13.2. The van der Waals surface area contributed by atoms with E-state index in [4.69, 9.17) is 10.5 Å². The quantitative estimate of drug-likeness (QED) is 0.797. The molecule has 0 saturated heterocycles. The minimum Gasteiger partial charge on any atom is -0.494 e. The van der Waals surface area contributed by atoms with Gasteiger partial charge in [-0.05, 0) is 12.1 Å². The molecule has 1 aromatic carbocycles. The molecule has 3 rings (SSSR count). The summed E-state index contributed by atoms with van der Waals surface area (Å²) in [6.07, 6.45) is 1.69. The van der Waals surface area contributed by atoms with Gasteiger partial charge in [0.2, 0.25) is 0 Å². The van der Waals surface area contributed by atoms with Crippen molar-refractivity contribution in [2.24, 2.45) is 0 Å². The van der Waals surface area contributed by atoms with Gasteiger partial charge in [-0.15, -0.1) is 0 Å². The highest BCUT2D eigenvalue weighted by Crippen LogP contribution is 2.28. The minimum atomic E-state index is 0.395. The molecule has 0 fully saturated rings. The van der Waals surface area contributed by atoms with Crippen molar-refractivity contribution in [3.05, 3.63) is 54.7 Å². The van der Waals surface area contributed by atoms with Crippen LogP contribution in [0.4, 0.5) is 5.82 Å². The maximum atomic E-state index is 5.91. The molecule has 2 aromatic heterocycles. The van der Waals surface area contributed by atoms with Crippen LogP contribution in [-0.2, 0) is 0 Å². The van der Waals surface area contributed by atoms with E-state index in [0.717, 1.165) is 5.56 Å². The van der Waals surface area contributed by atoms with E-state index in [1.165, 1.54) is 0 Å². The van der Waals surface area contributed by atoms with Crippen LogP contribution < -0.4 is 10.5 Å². The van der Waals surface area contributed by atoms with E-state index < -0.39 is 0 Å². The molecule has 3 aromatic rings. The predicted octanol–water partition coefficient (Wildman–Crippen LogP) is 2.80. The van der Waals surface area contributed by atoms with Gasteiger partial charge in [-0.25, -0.2) is 9.97 Å². The molecule has 5 heteroatoms. The van der Waals surface area contributed by atoms with Crippen molar-refractivity contribution in [2.45, 2.75) is 0 Å². The molecule has 0 unspecified atom stereocenters. The van der Waals surface area contributed by atoms with E-state index in [9.17, 15) is 0 Å². The van der Waals surface area contributed by atoms with E-state index in [0.29, 0.717) is 28.8 Å². The Bertz CT molecular complexity index is 759. The van der Waals surface area contributed by atoms with E-state index in [2.05, 4.69) is 15.0 Å². The molecule has 0 amide bonds. The number of nitrogen functional groups attached to an aromatic ring is 1. The second kappa shape index (κ2) is 5.58. The fourth-order valence-corrected chi connectivity index (χ4v) is 2.05. The third-order valence-corrected chi connectivity index (χ3v) is 3.01. The van der Waals surface area contributed by atoms with Crippen LogP contribution in [0.2, 0.25) is 0 Å².